The van der Waals surface area contributed by atoms with Crippen LogP contribution in [0.25, 0.3) is 33.2 Å². The highest BCUT2D eigenvalue weighted by molar-refractivity contribution is 6.45. The molecule has 0 N–H and O–H groups in total. The molecule has 0 saturated heterocycles. The molecule has 0 bridgehead atoms. The fraction of sp³-hybridized carbons (Fsp3) is 0.182. The lowest BCUT2D eigenvalue weighted by Crippen LogP contribution is -2.40. The van der Waals surface area contributed by atoms with Gasteiger partial charge in [0.15, 0.2) is 13.4 Å². The molecule has 0 unspecified atom stereocenters. The highest BCUT2D eigenvalue weighted by Gasteiger charge is 2.28. The Balaban J connectivity index is 2.07. The molecule has 0 aliphatic heterocycles. The zero-order valence-corrected chi connectivity index (χ0v) is 18.2. The molecule has 3 nitrogen and oxygen atoms in total. The molecule has 2 heterocycles. The van der Waals surface area contributed by atoms with Crippen molar-refractivity contribution in [3.63, 3.8) is 0 Å². The molecule has 0 atom stereocenters. The van der Waals surface area contributed by atoms with Crippen LogP contribution < -0.4 is 11.1 Å². The Morgan fingerprint density at radius 2 is 1.80 bits per heavy atom. The van der Waals surface area contributed by atoms with Crippen LogP contribution in [0.4, 0.5) is 4.39 Å². The van der Waals surface area contributed by atoms with Gasteiger partial charge < -0.3 is 4.42 Å². The molecule has 144 valence electrons. The average Bonchev–Trinajstić information content (AvgIpc) is 3.07. The lowest BCUT2D eigenvalue weighted by atomic mass is 9.44. The first kappa shape index (κ1) is 20.3. The van der Waals surface area contributed by atoms with Crippen LogP contribution >= 0.6 is 0 Å². The second kappa shape index (κ2) is 7.09. The molecule has 2 aromatic carbocycles. The van der Waals surface area contributed by atoms with Crippen LogP contribution in [0.2, 0.25) is 0 Å². The van der Waals surface area contributed by atoms with Gasteiger partial charge in [0.05, 0.1) is 5.69 Å². The Morgan fingerprint density at radius 1 is 1.10 bits per heavy atom. The number of nitrogens with zero attached hydrogens (tertiary/aromatic N) is 2. The van der Waals surface area contributed by atoms with Gasteiger partial charge in [-0.05, 0) is 29.9 Å². The Morgan fingerprint density at radius 3 is 2.47 bits per heavy atom. The second-order valence-corrected chi connectivity index (χ2v) is 8.86. The summed E-state index contributed by atoms with van der Waals surface area (Å²) in [6.07, 6.45) is 0. The molecule has 0 aliphatic carbocycles. The number of aromatic nitrogens is 1. The summed E-state index contributed by atoms with van der Waals surface area (Å²) in [7, 11) is 8.62. The van der Waals surface area contributed by atoms with E-state index in [1.165, 1.54) is 11.6 Å². The van der Waals surface area contributed by atoms with Crippen LogP contribution in [0.1, 0.15) is 25.0 Å². The Hall–Kier alpha value is -2.93. The SMILES string of the molecule is Bc1cc(C(B)(B)C(C)C)c(B)c(-c2cccc3c2oc2c(C#N)c(F)ccc23)n1. The van der Waals surface area contributed by atoms with Gasteiger partial charge in [-0.3, -0.25) is 4.98 Å². The van der Waals surface area contributed by atoms with Crippen LogP contribution in [0.15, 0.2) is 40.8 Å². The molecule has 30 heavy (non-hydrogen) atoms. The van der Waals surface area contributed by atoms with Gasteiger partial charge in [-0.25, -0.2) is 4.39 Å². The van der Waals surface area contributed by atoms with Crippen molar-refractivity contribution in [2.24, 2.45) is 5.92 Å². The van der Waals surface area contributed by atoms with Crippen molar-refractivity contribution in [1.82, 2.24) is 4.98 Å². The molecule has 0 saturated carbocycles. The van der Waals surface area contributed by atoms with Gasteiger partial charge in [0.2, 0.25) is 0 Å². The first-order chi connectivity index (χ1) is 14.2. The minimum absolute atomic E-state index is 0.0224. The zero-order valence-electron chi connectivity index (χ0n) is 18.2. The number of rotatable bonds is 3. The van der Waals surface area contributed by atoms with E-state index in [0.29, 0.717) is 11.5 Å². The van der Waals surface area contributed by atoms with Gasteiger partial charge >= 0.3 is 0 Å². The summed E-state index contributed by atoms with van der Waals surface area (Å²) < 4.78 is 20.3. The van der Waals surface area contributed by atoms with Crippen molar-refractivity contribution in [3.05, 3.63) is 53.3 Å². The van der Waals surface area contributed by atoms with E-state index in [1.807, 2.05) is 32.1 Å². The summed E-state index contributed by atoms with van der Waals surface area (Å²) in [5.41, 5.74) is 5.88. The van der Waals surface area contributed by atoms with E-state index in [9.17, 15) is 9.65 Å². The third-order valence-corrected chi connectivity index (χ3v) is 6.52. The molecule has 4 aromatic rings. The third-order valence-electron chi connectivity index (χ3n) is 6.52. The minimum atomic E-state index is -0.573. The van der Waals surface area contributed by atoms with E-state index < -0.39 is 5.82 Å². The van der Waals surface area contributed by atoms with Crippen molar-refractivity contribution < 1.29 is 8.81 Å². The van der Waals surface area contributed by atoms with Crippen LogP contribution in [0, 0.1) is 23.1 Å². The summed E-state index contributed by atoms with van der Waals surface area (Å²) in [6.45, 7) is 4.46. The Kier molecular flexibility index (Phi) is 4.81. The molecule has 0 fully saturated rings. The van der Waals surface area contributed by atoms with E-state index in [4.69, 9.17) is 9.40 Å². The lowest BCUT2D eigenvalue weighted by Gasteiger charge is -2.33. The van der Waals surface area contributed by atoms with Crippen molar-refractivity contribution in [1.29, 1.82) is 5.26 Å². The lowest BCUT2D eigenvalue weighted by molar-refractivity contribution is 0.572. The van der Waals surface area contributed by atoms with E-state index in [-0.39, 0.29) is 16.4 Å². The predicted octanol–water partition coefficient (Wildman–Crippen LogP) is 0.251. The molecular weight excluding hydrogens is 371 g/mol. The average molecular weight is 392 g/mol. The number of fused-ring (bicyclic) bond motifs is 3. The van der Waals surface area contributed by atoms with E-state index in [1.54, 1.807) is 6.07 Å². The van der Waals surface area contributed by atoms with Crippen LogP contribution in [-0.4, -0.2) is 36.4 Å². The van der Waals surface area contributed by atoms with Gasteiger partial charge in [0.25, 0.3) is 0 Å². The Labute approximate surface area is 179 Å². The largest absolute Gasteiger partial charge is 0.454 e. The van der Waals surface area contributed by atoms with E-state index >= 15 is 0 Å². The zero-order chi connectivity index (χ0) is 21.8. The normalized spacial score (nSPS) is 12.0. The summed E-state index contributed by atoms with van der Waals surface area (Å²) in [5.74, 6) is -0.120. The van der Waals surface area contributed by atoms with Crippen LogP contribution in [-0.2, 0) is 5.21 Å². The molecule has 0 aliphatic rings. The predicted molar refractivity (Wildman–Crippen MR) is 132 cm³/mol. The molecule has 8 heteroatoms. The van der Waals surface area contributed by atoms with E-state index in [2.05, 4.69) is 43.5 Å². The third kappa shape index (κ3) is 2.96. The van der Waals surface area contributed by atoms with Gasteiger partial charge in [-0.2, -0.15) is 5.26 Å². The number of halogens is 1. The molecule has 0 radical (unpaired) electrons. The topological polar surface area (TPSA) is 49.8 Å². The van der Waals surface area contributed by atoms with Crippen molar-refractivity contribution in [2.45, 2.75) is 19.1 Å². The molecular formula is C22H21B4FN2O. The van der Waals surface area contributed by atoms with Crippen molar-refractivity contribution >= 4 is 64.4 Å². The summed E-state index contributed by atoms with van der Waals surface area (Å²) in [4.78, 5) is 4.86. The van der Waals surface area contributed by atoms with Gasteiger partial charge in [-0.1, -0.05) is 48.1 Å². The molecule has 0 amide bonds. The number of hydrogen-bond acceptors (Lipinski definition) is 3. The maximum atomic E-state index is 14.2. The number of para-hydroxylation sites is 1. The number of hydrogen-bond donors (Lipinski definition) is 0. The minimum Gasteiger partial charge on any atom is -0.454 e. The quantitative estimate of drug-likeness (QED) is 0.471. The monoisotopic (exact) mass is 392 g/mol. The van der Waals surface area contributed by atoms with Gasteiger partial charge in [0, 0.05) is 16.3 Å². The number of benzene rings is 2. The second-order valence-electron chi connectivity index (χ2n) is 8.86. The summed E-state index contributed by atoms with van der Waals surface area (Å²) >= 11 is 0. The fourth-order valence-electron chi connectivity index (χ4n) is 4.11. The molecule has 2 aromatic heterocycles. The first-order valence-electron chi connectivity index (χ1n) is 10.2. The number of nitriles is 1. The highest BCUT2D eigenvalue weighted by Crippen LogP contribution is 2.37. The number of furan rings is 1. The van der Waals surface area contributed by atoms with Crippen LogP contribution in [0.5, 0.6) is 0 Å². The highest BCUT2D eigenvalue weighted by atomic mass is 19.1. The van der Waals surface area contributed by atoms with Crippen LogP contribution in [0.3, 0.4) is 0 Å². The Bertz CT molecular complexity index is 1360. The summed E-state index contributed by atoms with van der Waals surface area (Å²) in [6, 6.07) is 13.0. The maximum absolute atomic E-state index is 14.2. The van der Waals surface area contributed by atoms with Gasteiger partial charge in [-0.15, -0.1) is 0 Å². The smallest absolute Gasteiger partial charge is 0.163 e. The van der Waals surface area contributed by atoms with Crippen molar-refractivity contribution in [2.75, 3.05) is 0 Å². The van der Waals surface area contributed by atoms with E-state index in [0.717, 1.165) is 33.1 Å². The van der Waals surface area contributed by atoms with Crippen molar-refractivity contribution in [3.8, 4) is 17.3 Å². The first-order valence-corrected chi connectivity index (χ1v) is 10.2. The standard InChI is InChI=1S/C22H21B4FN2O/c1-10(2)22(25,26)15-8-17(23)29-19(18(15)24)13-5-3-4-11-12-6-7-16(27)14(9-28)21(12)30-20(11)13/h3-8,10H,23-26H2,1-2H3. The molecule has 0 spiro atoms. The maximum Gasteiger partial charge on any atom is 0.163 e. The van der Waals surface area contributed by atoms with Gasteiger partial charge in [0.1, 0.15) is 46.6 Å². The number of pyridine rings is 1. The summed E-state index contributed by atoms with van der Waals surface area (Å²) in [5, 5.41) is 11.0. The molecule has 4 rings (SSSR count). The fourth-order valence-corrected chi connectivity index (χ4v) is 4.11.